The molecule has 0 radical (unpaired) electrons. The van der Waals surface area contributed by atoms with Crippen molar-refractivity contribution in [2.75, 3.05) is 12.4 Å². The largest absolute Gasteiger partial charge is 0.465 e. The summed E-state index contributed by atoms with van der Waals surface area (Å²) in [6, 6.07) is 13.3. The predicted octanol–water partition coefficient (Wildman–Crippen LogP) is 2.99. The van der Waals surface area contributed by atoms with Crippen molar-refractivity contribution in [2.45, 2.75) is 6.54 Å². The molecule has 0 bridgehead atoms. The Bertz CT molecular complexity index is 670. The van der Waals surface area contributed by atoms with Crippen molar-refractivity contribution in [3.05, 3.63) is 69.8 Å². The van der Waals surface area contributed by atoms with Gasteiger partial charge >= 0.3 is 5.97 Å². The third-order valence-electron chi connectivity index (χ3n) is 2.96. The molecule has 0 atom stereocenters. The first-order chi connectivity index (χ1) is 10.1. The molecule has 0 aliphatic heterocycles. The summed E-state index contributed by atoms with van der Waals surface area (Å²) in [4.78, 5) is 21.9. The van der Waals surface area contributed by atoms with Crippen LogP contribution in [-0.2, 0) is 11.3 Å². The Balaban J connectivity index is 2.15. The molecule has 6 heteroatoms. The van der Waals surface area contributed by atoms with Crippen LogP contribution in [0.4, 0.5) is 11.4 Å². The Kier molecular flexibility index (Phi) is 4.50. The molecule has 0 heterocycles. The van der Waals surface area contributed by atoms with E-state index in [9.17, 15) is 14.9 Å². The molecule has 6 nitrogen and oxygen atoms in total. The van der Waals surface area contributed by atoms with E-state index in [-0.39, 0.29) is 5.69 Å². The van der Waals surface area contributed by atoms with Crippen LogP contribution < -0.4 is 5.32 Å². The number of carbonyl (C=O) groups is 1. The third-order valence-corrected chi connectivity index (χ3v) is 2.96. The molecule has 0 saturated carbocycles. The molecule has 0 aliphatic carbocycles. The summed E-state index contributed by atoms with van der Waals surface area (Å²) in [6.45, 7) is 0.368. The second-order valence-corrected chi connectivity index (χ2v) is 4.31. The molecule has 2 aromatic carbocycles. The summed E-state index contributed by atoms with van der Waals surface area (Å²) in [7, 11) is 1.33. The van der Waals surface area contributed by atoms with Crippen molar-refractivity contribution < 1.29 is 14.5 Å². The standard InChI is InChI=1S/C15H14N2O4/c1-21-15(18)14-8-3-2-5-11(14)10-16-12-6-4-7-13(9-12)17(19)20/h2-9,16H,10H2,1H3. The smallest absolute Gasteiger partial charge is 0.338 e. The van der Waals surface area contributed by atoms with Crippen molar-refractivity contribution in [1.82, 2.24) is 0 Å². The molecule has 1 N–H and O–H groups in total. The highest BCUT2D eigenvalue weighted by molar-refractivity contribution is 5.91. The lowest BCUT2D eigenvalue weighted by Gasteiger charge is -2.10. The Labute approximate surface area is 121 Å². The van der Waals surface area contributed by atoms with Crippen LogP contribution in [0.3, 0.4) is 0 Å². The molecule has 0 spiro atoms. The summed E-state index contributed by atoms with van der Waals surface area (Å²) in [5.74, 6) is -0.411. The minimum absolute atomic E-state index is 0.0150. The summed E-state index contributed by atoms with van der Waals surface area (Å²) in [5.41, 5.74) is 1.86. The lowest BCUT2D eigenvalue weighted by Crippen LogP contribution is -2.09. The van der Waals surface area contributed by atoms with Gasteiger partial charge in [0.2, 0.25) is 0 Å². The van der Waals surface area contributed by atoms with Gasteiger partial charge in [-0.05, 0) is 17.7 Å². The molecule has 0 saturated heterocycles. The molecular weight excluding hydrogens is 272 g/mol. The van der Waals surface area contributed by atoms with E-state index in [0.29, 0.717) is 17.8 Å². The topological polar surface area (TPSA) is 81.5 Å². The number of nitro benzene ring substituents is 1. The molecule has 21 heavy (non-hydrogen) atoms. The quantitative estimate of drug-likeness (QED) is 0.519. The average Bonchev–Trinajstić information content (AvgIpc) is 2.52. The maximum absolute atomic E-state index is 11.6. The van der Waals surface area contributed by atoms with Crippen LogP contribution in [0.15, 0.2) is 48.5 Å². The number of benzene rings is 2. The average molecular weight is 286 g/mol. The van der Waals surface area contributed by atoms with Crippen molar-refractivity contribution in [3.63, 3.8) is 0 Å². The zero-order valence-corrected chi connectivity index (χ0v) is 11.4. The van der Waals surface area contributed by atoms with Crippen LogP contribution in [0.1, 0.15) is 15.9 Å². The van der Waals surface area contributed by atoms with Gasteiger partial charge in [0.05, 0.1) is 17.6 Å². The van der Waals surface area contributed by atoms with Crippen LogP contribution in [-0.4, -0.2) is 18.0 Å². The second kappa shape index (κ2) is 6.51. The van der Waals surface area contributed by atoms with E-state index < -0.39 is 10.9 Å². The fraction of sp³-hybridized carbons (Fsp3) is 0.133. The summed E-state index contributed by atoms with van der Waals surface area (Å²) < 4.78 is 4.72. The first-order valence-corrected chi connectivity index (χ1v) is 6.26. The maximum atomic E-state index is 11.6. The summed E-state index contributed by atoms with van der Waals surface area (Å²) in [6.07, 6.45) is 0. The van der Waals surface area contributed by atoms with Crippen molar-refractivity contribution >= 4 is 17.3 Å². The Morgan fingerprint density at radius 2 is 2.00 bits per heavy atom. The van der Waals surface area contributed by atoms with E-state index >= 15 is 0 Å². The van der Waals surface area contributed by atoms with E-state index in [4.69, 9.17) is 4.74 Å². The van der Waals surface area contributed by atoms with Gasteiger partial charge in [-0.2, -0.15) is 0 Å². The summed E-state index contributed by atoms with van der Waals surface area (Å²) >= 11 is 0. The lowest BCUT2D eigenvalue weighted by atomic mass is 10.1. The van der Waals surface area contributed by atoms with Gasteiger partial charge in [-0.3, -0.25) is 10.1 Å². The number of rotatable bonds is 5. The highest BCUT2D eigenvalue weighted by Gasteiger charge is 2.11. The number of ether oxygens (including phenoxy) is 1. The van der Waals surface area contributed by atoms with Crippen molar-refractivity contribution in [3.8, 4) is 0 Å². The normalized spacial score (nSPS) is 9.95. The fourth-order valence-corrected chi connectivity index (χ4v) is 1.91. The van der Waals surface area contributed by atoms with Crippen LogP contribution in [0, 0.1) is 10.1 Å². The third kappa shape index (κ3) is 3.56. The number of nitrogens with zero attached hydrogens (tertiary/aromatic N) is 1. The van der Waals surface area contributed by atoms with E-state index in [1.54, 1.807) is 30.3 Å². The number of nitrogens with one attached hydrogen (secondary N) is 1. The Morgan fingerprint density at radius 1 is 1.24 bits per heavy atom. The summed E-state index contributed by atoms with van der Waals surface area (Å²) in [5, 5.41) is 13.8. The van der Waals surface area contributed by atoms with Crippen LogP contribution in [0.5, 0.6) is 0 Å². The minimum atomic E-state index is -0.451. The number of anilines is 1. The highest BCUT2D eigenvalue weighted by atomic mass is 16.6. The fourth-order valence-electron chi connectivity index (χ4n) is 1.91. The molecule has 2 aromatic rings. The number of methoxy groups -OCH3 is 1. The van der Waals surface area contributed by atoms with Gasteiger partial charge in [0.1, 0.15) is 0 Å². The molecular formula is C15H14N2O4. The van der Waals surface area contributed by atoms with Gasteiger partial charge in [0.15, 0.2) is 0 Å². The SMILES string of the molecule is COC(=O)c1ccccc1CNc1cccc([N+](=O)[O-])c1. The molecule has 0 amide bonds. The minimum Gasteiger partial charge on any atom is -0.465 e. The predicted molar refractivity (Wildman–Crippen MR) is 78.2 cm³/mol. The van der Waals surface area contributed by atoms with Crippen LogP contribution >= 0.6 is 0 Å². The van der Waals surface area contributed by atoms with E-state index in [0.717, 1.165) is 5.56 Å². The number of non-ortho nitro benzene ring substituents is 1. The van der Waals surface area contributed by atoms with E-state index in [1.807, 2.05) is 6.07 Å². The zero-order chi connectivity index (χ0) is 15.2. The van der Waals surface area contributed by atoms with Crippen LogP contribution in [0.25, 0.3) is 0 Å². The number of hydrogen-bond donors (Lipinski definition) is 1. The van der Waals surface area contributed by atoms with Crippen molar-refractivity contribution in [2.24, 2.45) is 0 Å². The van der Waals surface area contributed by atoms with Gasteiger partial charge in [-0.1, -0.05) is 24.3 Å². The highest BCUT2D eigenvalue weighted by Crippen LogP contribution is 2.18. The molecule has 0 aliphatic rings. The molecule has 0 fully saturated rings. The van der Waals surface area contributed by atoms with Gasteiger partial charge in [-0.15, -0.1) is 0 Å². The maximum Gasteiger partial charge on any atom is 0.338 e. The number of hydrogen-bond acceptors (Lipinski definition) is 5. The lowest BCUT2D eigenvalue weighted by molar-refractivity contribution is -0.384. The number of carbonyl (C=O) groups excluding carboxylic acids is 1. The van der Waals surface area contributed by atoms with Crippen LogP contribution in [0.2, 0.25) is 0 Å². The number of esters is 1. The van der Waals surface area contributed by atoms with E-state index in [1.165, 1.54) is 19.2 Å². The molecule has 0 unspecified atom stereocenters. The number of nitro groups is 1. The first kappa shape index (κ1) is 14.5. The monoisotopic (exact) mass is 286 g/mol. The molecule has 108 valence electrons. The zero-order valence-electron chi connectivity index (χ0n) is 11.4. The van der Waals surface area contributed by atoms with Gasteiger partial charge in [-0.25, -0.2) is 4.79 Å². The van der Waals surface area contributed by atoms with Gasteiger partial charge < -0.3 is 10.1 Å². The Morgan fingerprint density at radius 3 is 2.71 bits per heavy atom. The Hall–Kier alpha value is -2.89. The van der Waals surface area contributed by atoms with Gasteiger partial charge in [0, 0.05) is 24.4 Å². The molecule has 2 rings (SSSR count). The van der Waals surface area contributed by atoms with Crippen molar-refractivity contribution in [1.29, 1.82) is 0 Å². The van der Waals surface area contributed by atoms with E-state index in [2.05, 4.69) is 5.32 Å². The second-order valence-electron chi connectivity index (χ2n) is 4.31. The molecule has 0 aromatic heterocycles. The van der Waals surface area contributed by atoms with Gasteiger partial charge in [0.25, 0.3) is 5.69 Å². The first-order valence-electron chi connectivity index (χ1n) is 6.26.